The van der Waals surface area contributed by atoms with Crippen LogP contribution < -0.4 is 5.32 Å². The molecule has 3 rings (SSSR count). The van der Waals surface area contributed by atoms with E-state index in [1.165, 1.54) is 11.3 Å². The van der Waals surface area contributed by atoms with Gasteiger partial charge in [-0.3, -0.25) is 4.79 Å². The number of hydrogen-bond acceptors (Lipinski definition) is 5. The van der Waals surface area contributed by atoms with Gasteiger partial charge in [-0.1, -0.05) is 0 Å². The molecule has 0 spiro atoms. The van der Waals surface area contributed by atoms with Gasteiger partial charge in [0.2, 0.25) is 5.91 Å². The van der Waals surface area contributed by atoms with Gasteiger partial charge in [0.1, 0.15) is 10.6 Å². The highest BCUT2D eigenvalue weighted by atomic mass is 32.1. The van der Waals surface area contributed by atoms with Crippen LogP contribution in [0.1, 0.15) is 39.0 Å². The third-order valence-corrected chi connectivity index (χ3v) is 5.25. The highest BCUT2D eigenvalue weighted by molar-refractivity contribution is 7.16. The molecule has 0 fully saturated rings. The summed E-state index contributed by atoms with van der Waals surface area (Å²) >= 11 is 1.38. The number of aromatic nitrogens is 2. The number of fused-ring (bicyclic) bond motifs is 1. The van der Waals surface area contributed by atoms with Gasteiger partial charge in [-0.05, 0) is 51.0 Å². The molecular formula is C19H21N3O3S. The Labute approximate surface area is 155 Å². The lowest BCUT2D eigenvalue weighted by Gasteiger charge is -2.06. The first-order valence-corrected chi connectivity index (χ1v) is 9.22. The second kappa shape index (κ2) is 7.29. The number of amides is 1. The third-order valence-electron chi connectivity index (χ3n) is 4.13. The monoisotopic (exact) mass is 371 g/mol. The van der Waals surface area contributed by atoms with E-state index < -0.39 is 5.97 Å². The highest BCUT2D eigenvalue weighted by Crippen LogP contribution is 2.33. The molecule has 0 aliphatic rings. The zero-order valence-electron chi connectivity index (χ0n) is 15.3. The molecule has 136 valence electrons. The number of ether oxygens (including phenoxy) is 1. The van der Waals surface area contributed by atoms with E-state index in [2.05, 4.69) is 10.3 Å². The Kier molecular flexibility index (Phi) is 5.08. The predicted molar refractivity (Wildman–Crippen MR) is 102 cm³/mol. The first kappa shape index (κ1) is 18.1. The maximum atomic E-state index is 12.5. The zero-order valence-corrected chi connectivity index (χ0v) is 16.1. The summed E-state index contributed by atoms with van der Waals surface area (Å²) in [5, 5.41) is 3.38. The van der Waals surface area contributed by atoms with Crippen LogP contribution in [0.15, 0.2) is 24.5 Å². The first-order valence-electron chi connectivity index (χ1n) is 8.40. The van der Waals surface area contributed by atoms with E-state index in [1.807, 2.05) is 49.7 Å². The fourth-order valence-corrected chi connectivity index (χ4v) is 3.79. The molecule has 1 N–H and O–H groups in total. The lowest BCUT2D eigenvalue weighted by molar-refractivity contribution is -0.115. The number of pyridine rings is 1. The average Bonchev–Trinajstić information content (AvgIpc) is 3.07. The molecule has 0 aliphatic heterocycles. The molecule has 3 aromatic rings. The summed E-state index contributed by atoms with van der Waals surface area (Å²) in [4.78, 5) is 30.1. The van der Waals surface area contributed by atoms with Crippen LogP contribution in [0, 0.1) is 20.8 Å². The van der Waals surface area contributed by atoms with Crippen molar-refractivity contribution in [1.29, 1.82) is 0 Å². The number of rotatable bonds is 5. The minimum Gasteiger partial charge on any atom is -0.462 e. The Hall–Kier alpha value is -2.67. The summed E-state index contributed by atoms with van der Waals surface area (Å²) in [5.74, 6) is -0.621. The molecule has 0 saturated carbocycles. The third kappa shape index (κ3) is 3.62. The number of imidazole rings is 1. The number of nitrogens with one attached hydrogen (secondary N) is 1. The summed E-state index contributed by atoms with van der Waals surface area (Å²) in [6.45, 7) is 7.83. The molecule has 26 heavy (non-hydrogen) atoms. The van der Waals surface area contributed by atoms with E-state index in [1.54, 1.807) is 6.92 Å². The summed E-state index contributed by atoms with van der Waals surface area (Å²) in [6.07, 6.45) is 3.90. The summed E-state index contributed by atoms with van der Waals surface area (Å²) < 4.78 is 7.00. The molecule has 0 radical (unpaired) electrons. The topological polar surface area (TPSA) is 72.7 Å². The lowest BCUT2D eigenvalue weighted by Crippen LogP contribution is -2.16. The Bertz CT molecular complexity index is 987. The van der Waals surface area contributed by atoms with E-state index in [0.29, 0.717) is 22.9 Å². The van der Waals surface area contributed by atoms with Crippen molar-refractivity contribution in [3.63, 3.8) is 0 Å². The minimum absolute atomic E-state index is 0.138. The van der Waals surface area contributed by atoms with E-state index in [-0.39, 0.29) is 12.3 Å². The molecule has 6 nitrogen and oxygen atoms in total. The van der Waals surface area contributed by atoms with E-state index >= 15 is 0 Å². The molecule has 0 saturated heterocycles. The van der Waals surface area contributed by atoms with Crippen molar-refractivity contribution in [2.75, 3.05) is 11.9 Å². The van der Waals surface area contributed by atoms with Crippen molar-refractivity contribution < 1.29 is 14.3 Å². The Morgan fingerprint density at radius 1 is 1.31 bits per heavy atom. The van der Waals surface area contributed by atoms with Gasteiger partial charge >= 0.3 is 5.97 Å². The van der Waals surface area contributed by atoms with Crippen LogP contribution in [0.4, 0.5) is 5.00 Å². The van der Waals surface area contributed by atoms with Crippen LogP contribution in [0.2, 0.25) is 0 Å². The van der Waals surface area contributed by atoms with E-state index in [4.69, 9.17) is 4.74 Å². The van der Waals surface area contributed by atoms with E-state index in [0.717, 1.165) is 21.7 Å². The van der Waals surface area contributed by atoms with Crippen LogP contribution in [0.5, 0.6) is 0 Å². The number of esters is 1. The molecule has 0 aromatic carbocycles. The van der Waals surface area contributed by atoms with Crippen molar-refractivity contribution in [3.05, 3.63) is 51.8 Å². The number of carbonyl (C=O) groups is 2. The van der Waals surface area contributed by atoms with Crippen LogP contribution >= 0.6 is 11.3 Å². The second-order valence-electron chi connectivity index (χ2n) is 6.13. The molecule has 7 heteroatoms. The summed E-state index contributed by atoms with van der Waals surface area (Å²) in [5.41, 5.74) is 3.88. The van der Waals surface area contributed by atoms with Gasteiger partial charge < -0.3 is 14.5 Å². The number of hydrogen-bond donors (Lipinski definition) is 1. The van der Waals surface area contributed by atoms with Crippen LogP contribution in [-0.4, -0.2) is 27.9 Å². The predicted octanol–water partition coefficient (Wildman–Crippen LogP) is 3.68. The zero-order chi connectivity index (χ0) is 18.8. The molecular weight excluding hydrogens is 350 g/mol. The largest absolute Gasteiger partial charge is 0.462 e. The molecule has 1 amide bonds. The van der Waals surface area contributed by atoms with Gasteiger partial charge in [0, 0.05) is 17.3 Å². The number of anilines is 1. The van der Waals surface area contributed by atoms with Gasteiger partial charge in [-0.2, -0.15) is 0 Å². The maximum absolute atomic E-state index is 12.5. The van der Waals surface area contributed by atoms with Crippen molar-refractivity contribution >= 4 is 33.9 Å². The molecule has 0 aliphatic carbocycles. The number of carbonyl (C=O) groups excluding carboxylic acids is 2. The Morgan fingerprint density at radius 2 is 2.08 bits per heavy atom. The number of aryl methyl sites for hydroxylation is 2. The Balaban J connectivity index is 1.79. The molecule has 0 unspecified atom stereocenters. The van der Waals surface area contributed by atoms with Crippen molar-refractivity contribution in [2.24, 2.45) is 0 Å². The van der Waals surface area contributed by atoms with E-state index in [9.17, 15) is 9.59 Å². The normalized spacial score (nSPS) is 10.9. The second-order valence-corrected chi connectivity index (χ2v) is 7.36. The van der Waals surface area contributed by atoms with Gasteiger partial charge in [-0.15, -0.1) is 11.3 Å². The number of nitrogens with zero attached hydrogens (tertiary/aromatic N) is 2. The van der Waals surface area contributed by atoms with Gasteiger partial charge in [0.15, 0.2) is 0 Å². The fourth-order valence-electron chi connectivity index (χ4n) is 2.72. The SMILES string of the molecule is CCOC(=O)c1c(NC(=O)Cc2cn3ccc(C)cc3n2)sc(C)c1C. The van der Waals surface area contributed by atoms with Crippen molar-refractivity contribution in [3.8, 4) is 0 Å². The lowest BCUT2D eigenvalue weighted by atomic mass is 10.1. The molecule has 0 bridgehead atoms. The maximum Gasteiger partial charge on any atom is 0.341 e. The van der Waals surface area contributed by atoms with Crippen molar-refractivity contribution in [2.45, 2.75) is 34.1 Å². The van der Waals surface area contributed by atoms with Gasteiger partial charge in [-0.25, -0.2) is 9.78 Å². The summed E-state index contributed by atoms with van der Waals surface area (Å²) in [7, 11) is 0. The minimum atomic E-state index is -0.409. The quantitative estimate of drug-likeness (QED) is 0.695. The molecule has 0 atom stereocenters. The van der Waals surface area contributed by atoms with Crippen molar-refractivity contribution in [1.82, 2.24) is 9.38 Å². The Morgan fingerprint density at radius 3 is 2.81 bits per heavy atom. The van der Waals surface area contributed by atoms with Crippen LogP contribution in [-0.2, 0) is 16.0 Å². The average molecular weight is 371 g/mol. The summed E-state index contributed by atoms with van der Waals surface area (Å²) in [6, 6.07) is 3.95. The van der Waals surface area contributed by atoms with Crippen LogP contribution in [0.3, 0.4) is 0 Å². The number of thiophene rings is 1. The fraction of sp³-hybridized carbons (Fsp3) is 0.316. The first-order chi connectivity index (χ1) is 12.4. The molecule has 3 heterocycles. The standard InChI is InChI=1S/C19H21N3O3S/c1-5-25-19(24)17-12(3)13(4)26-18(17)21-16(23)9-14-10-22-7-6-11(2)8-15(22)20-14/h6-8,10H,5,9H2,1-4H3,(H,21,23). The van der Waals surface area contributed by atoms with Crippen LogP contribution in [0.25, 0.3) is 5.65 Å². The highest BCUT2D eigenvalue weighted by Gasteiger charge is 2.22. The molecule has 3 aromatic heterocycles. The van der Waals surface area contributed by atoms with Gasteiger partial charge in [0.05, 0.1) is 24.3 Å². The smallest absolute Gasteiger partial charge is 0.341 e. The van der Waals surface area contributed by atoms with Gasteiger partial charge in [0.25, 0.3) is 0 Å².